The molecule has 1 aromatic heterocycles. The maximum atomic E-state index is 12.9. The first-order valence-corrected chi connectivity index (χ1v) is 9.80. The van der Waals surface area contributed by atoms with Crippen molar-refractivity contribution in [2.24, 2.45) is 5.92 Å². The van der Waals surface area contributed by atoms with Crippen molar-refractivity contribution in [2.75, 3.05) is 19.3 Å². The van der Waals surface area contributed by atoms with Crippen LogP contribution in [0.15, 0.2) is 28.8 Å². The van der Waals surface area contributed by atoms with Crippen molar-refractivity contribution < 1.29 is 17.3 Å². The van der Waals surface area contributed by atoms with Gasteiger partial charge in [0.05, 0.1) is 6.26 Å². The quantitative estimate of drug-likeness (QED) is 0.825. The van der Waals surface area contributed by atoms with Gasteiger partial charge < -0.3 is 4.52 Å². The summed E-state index contributed by atoms with van der Waals surface area (Å²) < 4.78 is 43.0. The molecular weight excluding hydrogens is 333 g/mol. The van der Waals surface area contributed by atoms with Gasteiger partial charge in [-0.15, -0.1) is 0 Å². The number of aromatic nitrogens is 2. The molecule has 0 radical (unpaired) electrons. The molecule has 0 aliphatic carbocycles. The summed E-state index contributed by atoms with van der Waals surface area (Å²) in [5, 5.41) is 3.96. The van der Waals surface area contributed by atoms with Crippen LogP contribution in [0.25, 0.3) is 11.5 Å². The highest BCUT2D eigenvalue weighted by atomic mass is 32.2. The van der Waals surface area contributed by atoms with Crippen LogP contribution in [0.1, 0.15) is 25.1 Å². The number of hydrogen-bond acceptors (Lipinski definition) is 5. The molecule has 0 saturated carbocycles. The van der Waals surface area contributed by atoms with Crippen LogP contribution in [-0.2, 0) is 16.4 Å². The molecule has 0 amide bonds. The van der Waals surface area contributed by atoms with Crippen molar-refractivity contribution in [3.05, 3.63) is 35.9 Å². The van der Waals surface area contributed by atoms with Crippen LogP contribution in [0.2, 0.25) is 0 Å². The van der Waals surface area contributed by atoms with Gasteiger partial charge in [-0.25, -0.2) is 17.1 Å². The summed E-state index contributed by atoms with van der Waals surface area (Å²) in [5.41, 5.74) is 0.677. The van der Waals surface area contributed by atoms with Gasteiger partial charge in [-0.3, -0.25) is 0 Å². The van der Waals surface area contributed by atoms with E-state index in [0.29, 0.717) is 42.7 Å². The normalized spacial score (nSPS) is 19.5. The number of piperidine rings is 1. The van der Waals surface area contributed by atoms with Crippen LogP contribution in [-0.4, -0.2) is 42.2 Å². The average Bonchev–Trinajstić information content (AvgIpc) is 3.02. The molecule has 24 heavy (non-hydrogen) atoms. The zero-order valence-electron chi connectivity index (χ0n) is 13.5. The number of rotatable bonds is 5. The van der Waals surface area contributed by atoms with E-state index in [1.54, 1.807) is 16.4 Å². The highest BCUT2D eigenvalue weighted by Crippen LogP contribution is 2.23. The maximum Gasteiger partial charge on any atom is 0.257 e. The van der Waals surface area contributed by atoms with Gasteiger partial charge in [0.2, 0.25) is 10.0 Å². The monoisotopic (exact) mass is 353 g/mol. The minimum Gasteiger partial charge on any atom is -0.334 e. The second-order valence-electron chi connectivity index (χ2n) is 6.19. The number of hydrogen-bond donors (Lipinski definition) is 0. The number of nitrogens with zero attached hydrogens (tertiary/aromatic N) is 3. The number of aryl methyl sites for hydroxylation is 1. The lowest BCUT2D eigenvalue weighted by Crippen LogP contribution is -2.39. The number of sulfonamides is 1. The van der Waals surface area contributed by atoms with Gasteiger partial charge in [0.1, 0.15) is 5.82 Å². The molecule has 6 nitrogen and oxygen atoms in total. The lowest BCUT2D eigenvalue weighted by molar-refractivity contribution is 0.256. The van der Waals surface area contributed by atoms with E-state index in [4.69, 9.17) is 4.52 Å². The molecule has 1 aliphatic heterocycles. The zero-order valence-corrected chi connectivity index (χ0v) is 14.3. The van der Waals surface area contributed by atoms with Gasteiger partial charge in [0, 0.05) is 25.1 Å². The van der Waals surface area contributed by atoms with E-state index in [0.717, 1.165) is 19.3 Å². The molecule has 2 aromatic rings. The summed E-state index contributed by atoms with van der Waals surface area (Å²) in [6.07, 6.45) is 4.59. The second kappa shape index (κ2) is 6.98. The lowest BCUT2D eigenvalue weighted by Gasteiger charge is -2.30. The third-order valence-corrected chi connectivity index (χ3v) is 5.56. The largest absolute Gasteiger partial charge is 0.334 e. The fraction of sp³-hybridized carbons (Fsp3) is 0.500. The number of halogens is 1. The van der Waals surface area contributed by atoms with E-state index in [2.05, 4.69) is 10.1 Å². The fourth-order valence-corrected chi connectivity index (χ4v) is 3.90. The standard InChI is InChI=1S/C16H20FN3O3S/c1-24(21,22)20-10-2-3-12(11-20)4-9-15-18-16(23-19-15)13-5-7-14(17)8-6-13/h5-8,12H,2-4,9-11H2,1H3. The van der Waals surface area contributed by atoms with E-state index in [1.165, 1.54) is 18.4 Å². The minimum atomic E-state index is -3.12. The molecular formula is C16H20FN3O3S. The van der Waals surface area contributed by atoms with Crippen molar-refractivity contribution in [3.8, 4) is 11.5 Å². The Labute approximate surface area is 140 Å². The number of benzene rings is 1. The molecule has 1 saturated heterocycles. The molecule has 130 valence electrons. The fourth-order valence-electron chi connectivity index (χ4n) is 2.96. The summed E-state index contributed by atoms with van der Waals surface area (Å²) in [6, 6.07) is 5.89. The molecule has 3 rings (SSSR count). The Bertz CT molecular complexity index is 789. The van der Waals surface area contributed by atoms with E-state index in [1.807, 2.05) is 0 Å². The predicted octanol–water partition coefficient (Wildman–Crippen LogP) is 2.48. The second-order valence-corrected chi connectivity index (χ2v) is 8.17. The van der Waals surface area contributed by atoms with Gasteiger partial charge in [-0.1, -0.05) is 5.16 Å². The van der Waals surface area contributed by atoms with Crippen molar-refractivity contribution in [3.63, 3.8) is 0 Å². The molecule has 0 spiro atoms. The van der Waals surface area contributed by atoms with Crippen molar-refractivity contribution >= 4 is 10.0 Å². The Balaban J connectivity index is 1.58. The van der Waals surface area contributed by atoms with Crippen molar-refractivity contribution in [1.82, 2.24) is 14.4 Å². The molecule has 8 heteroatoms. The first-order chi connectivity index (χ1) is 11.4. The van der Waals surface area contributed by atoms with Crippen LogP contribution in [0.4, 0.5) is 4.39 Å². The Hall–Kier alpha value is -1.80. The van der Waals surface area contributed by atoms with E-state index >= 15 is 0 Å². The maximum absolute atomic E-state index is 12.9. The molecule has 0 N–H and O–H groups in total. The minimum absolute atomic E-state index is 0.307. The van der Waals surface area contributed by atoms with Crippen LogP contribution in [0.5, 0.6) is 0 Å². The summed E-state index contributed by atoms with van der Waals surface area (Å²) >= 11 is 0. The van der Waals surface area contributed by atoms with Crippen molar-refractivity contribution in [1.29, 1.82) is 0 Å². The molecule has 1 aliphatic rings. The summed E-state index contributed by atoms with van der Waals surface area (Å²) in [4.78, 5) is 4.33. The van der Waals surface area contributed by atoms with Gasteiger partial charge in [0.25, 0.3) is 5.89 Å². The van der Waals surface area contributed by atoms with Crippen LogP contribution >= 0.6 is 0 Å². The van der Waals surface area contributed by atoms with E-state index < -0.39 is 10.0 Å². The van der Waals surface area contributed by atoms with Crippen LogP contribution in [0, 0.1) is 11.7 Å². The molecule has 1 fully saturated rings. The average molecular weight is 353 g/mol. The lowest BCUT2D eigenvalue weighted by atomic mass is 9.94. The predicted molar refractivity (Wildman–Crippen MR) is 87.2 cm³/mol. The third-order valence-electron chi connectivity index (χ3n) is 4.29. The Morgan fingerprint density at radius 2 is 2.08 bits per heavy atom. The van der Waals surface area contributed by atoms with Crippen molar-refractivity contribution in [2.45, 2.75) is 25.7 Å². The molecule has 1 atom stereocenters. The first-order valence-electron chi connectivity index (χ1n) is 7.95. The zero-order chi connectivity index (χ0) is 17.2. The third kappa shape index (κ3) is 4.18. The van der Waals surface area contributed by atoms with Crippen LogP contribution in [0.3, 0.4) is 0 Å². The highest BCUT2D eigenvalue weighted by molar-refractivity contribution is 7.88. The highest BCUT2D eigenvalue weighted by Gasteiger charge is 2.26. The van der Waals surface area contributed by atoms with Gasteiger partial charge in [-0.05, 0) is 49.4 Å². The summed E-state index contributed by atoms with van der Waals surface area (Å²) in [7, 11) is -3.12. The van der Waals surface area contributed by atoms with Gasteiger partial charge >= 0.3 is 0 Å². The van der Waals surface area contributed by atoms with E-state index in [9.17, 15) is 12.8 Å². The Morgan fingerprint density at radius 3 is 2.79 bits per heavy atom. The Kier molecular flexibility index (Phi) is 4.96. The molecule has 0 bridgehead atoms. The first kappa shape index (κ1) is 17.0. The van der Waals surface area contributed by atoms with E-state index in [-0.39, 0.29) is 5.82 Å². The summed E-state index contributed by atoms with van der Waals surface area (Å²) in [6.45, 7) is 1.16. The molecule has 2 heterocycles. The van der Waals surface area contributed by atoms with Gasteiger partial charge in [-0.2, -0.15) is 4.98 Å². The Morgan fingerprint density at radius 1 is 1.33 bits per heavy atom. The topological polar surface area (TPSA) is 76.3 Å². The van der Waals surface area contributed by atoms with Crippen LogP contribution < -0.4 is 0 Å². The van der Waals surface area contributed by atoms with Gasteiger partial charge in [0.15, 0.2) is 5.82 Å². The molecule has 1 aromatic carbocycles. The SMILES string of the molecule is CS(=O)(=O)N1CCCC(CCc2noc(-c3ccc(F)cc3)n2)C1. The molecule has 1 unspecified atom stereocenters. The smallest absolute Gasteiger partial charge is 0.257 e. The summed E-state index contributed by atoms with van der Waals surface area (Å²) in [5.74, 6) is 0.949.